The molecule has 37 heavy (non-hydrogen) atoms. The van der Waals surface area contributed by atoms with Crippen molar-refractivity contribution in [1.29, 1.82) is 0 Å². The number of aromatic nitrogens is 2. The summed E-state index contributed by atoms with van der Waals surface area (Å²) in [6, 6.07) is 11.4. The molecule has 0 unspecified atom stereocenters. The van der Waals surface area contributed by atoms with Gasteiger partial charge in [-0.3, -0.25) is 0 Å². The fourth-order valence-electron chi connectivity index (χ4n) is 4.59. The summed E-state index contributed by atoms with van der Waals surface area (Å²) in [7, 11) is 3.31. The number of esters is 1. The number of rotatable bonds is 5. The van der Waals surface area contributed by atoms with E-state index in [1.807, 2.05) is 27.8 Å². The van der Waals surface area contributed by atoms with Gasteiger partial charge in [-0.2, -0.15) is 0 Å². The van der Waals surface area contributed by atoms with E-state index in [0.29, 0.717) is 28.1 Å². The van der Waals surface area contributed by atoms with Gasteiger partial charge in [0.2, 0.25) is 0 Å². The van der Waals surface area contributed by atoms with E-state index in [4.69, 9.17) is 19.4 Å². The van der Waals surface area contributed by atoms with Gasteiger partial charge in [0, 0.05) is 24.7 Å². The van der Waals surface area contributed by atoms with Gasteiger partial charge in [0.15, 0.2) is 5.82 Å². The van der Waals surface area contributed by atoms with Crippen molar-refractivity contribution in [2.45, 2.75) is 64.1 Å². The maximum absolute atomic E-state index is 13.6. The molecule has 1 aliphatic rings. The number of anilines is 1. The van der Waals surface area contributed by atoms with Crippen LogP contribution in [-0.2, 0) is 9.47 Å². The van der Waals surface area contributed by atoms with Crippen molar-refractivity contribution < 1.29 is 23.5 Å². The van der Waals surface area contributed by atoms with E-state index in [0.717, 1.165) is 31.2 Å². The molecule has 0 radical (unpaired) electrons. The van der Waals surface area contributed by atoms with Gasteiger partial charge >= 0.3 is 12.1 Å². The highest BCUT2D eigenvalue weighted by Crippen LogP contribution is 2.34. The predicted molar refractivity (Wildman–Crippen MR) is 140 cm³/mol. The monoisotopic (exact) mass is 508 g/mol. The molecule has 1 N–H and O–H groups in total. The number of ether oxygens (including phenoxy) is 2. The molecule has 1 heterocycles. The Kier molecular flexibility index (Phi) is 7.61. The van der Waals surface area contributed by atoms with Gasteiger partial charge in [0.25, 0.3) is 0 Å². The van der Waals surface area contributed by atoms with Crippen molar-refractivity contribution >= 4 is 28.9 Å². The summed E-state index contributed by atoms with van der Waals surface area (Å²) in [6.45, 7) is 5.53. The fraction of sp³-hybridized carbons (Fsp3) is 0.429. The van der Waals surface area contributed by atoms with Crippen LogP contribution in [0.2, 0.25) is 0 Å². The Bertz CT molecular complexity index is 1280. The molecule has 1 amide bonds. The van der Waals surface area contributed by atoms with Crippen molar-refractivity contribution in [3.63, 3.8) is 0 Å². The van der Waals surface area contributed by atoms with E-state index in [1.165, 1.54) is 19.2 Å². The number of nitrogens with zero attached hydrogens (tertiary/aromatic N) is 3. The first-order valence-corrected chi connectivity index (χ1v) is 12.4. The van der Waals surface area contributed by atoms with E-state index in [2.05, 4.69) is 10.2 Å². The molecule has 0 aliphatic heterocycles. The number of fused-ring (bicyclic) bond motifs is 1. The maximum atomic E-state index is 13.6. The summed E-state index contributed by atoms with van der Waals surface area (Å²) < 4.78 is 23.9. The van der Waals surface area contributed by atoms with Crippen LogP contribution in [0.15, 0.2) is 42.5 Å². The lowest BCUT2D eigenvalue weighted by atomic mass is 9.90. The van der Waals surface area contributed by atoms with Crippen LogP contribution in [0.5, 0.6) is 0 Å². The van der Waals surface area contributed by atoms with Gasteiger partial charge in [-0.1, -0.05) is 0 Å². The molecule has 0 saturated heterocycles. The average Bonchev–Trinajstić information content (AvgIpc) is 2.86. The minimum absolute atomic E-state index is 0.0429. The maximum Gasteiger partial charge on any atom is 0.407 e. The molecule has 9 heteroatoms. The van der Waals surface area contributed by atoms with Gasteiger partial charge < -0.3 is 19.7 Å². The van der Waals surface area contributed by atoms with Crippen molar-refractivity contribution in [2.24, 2.45) is 0 Å². The highest BCUT2D eigenvalue weighted by Gasteiger charge is 2.29. The van der Waals surface area contributed by atoms with E-state index in [1.54, 1.807) is 30.3 Å². The first-order chi connectivity index (χ1) is 17.5. The molecule has 0 spiro atoms. The summed E-state index contributed by atoms with van der Waals surface area (Å²) in [5.41, 5.74) is 2.41. The lowest BCUT2D eigenvalue weighted by Gasteiger charge is -2.36. The van der Waals surface area contributed by atoms with Gasteiger partial charge in [-0.25, -0.2) is 23.9 Å². The molecule has 8 nitrogen and oxygen atoms in total. The Balaban J connectivity index is 1.60. The Labute approximate surface area is 216 Å². The molecule has 1 aromatic heterocycles. The predicted octanol–water partition coefficient (Wildman–Crippen LogP) is 5.49. The van der Waals surface area contributed by atoms with Gasteiger partial charge in [-0.05, 0) is 88.9 Å². The number of carbonyl (C=O) groups is 2. The second kappa shape index (κ2) is 10.7. The normalized spacial score (nSPS) is 17.8. The van der Waals surface area contributed by atoms with Crippen molar-refractivity contribution in [3.05, 3.63) is 53.8 Å². The zero-order valence-corrected chi connectivity index (χ0v) is 21.9. The highest BCUT2D eigenvalue weighted by molar-refractivity contribution is 5.94. The van der Waals surface area contributed by atoms with E-state index >= 15 is 0 Å². The first kappa shape index (κ1) is 26.3. The molecule has 0 atom stereocenters. The third kappa shape index (κ3) is 6.34. The Morgan fingerprint density at radius 2 is 1.68 bits per heavy atom. The van der Waals surface area contributed by atoms with Crippen LogP contribution < -0.4 is 10.2 Å². The second-order valence-corrected chi connectivity index (χ2v) is 10.4. The van der Waals surface area contributed by atoms with Crippen molar-refractivity contribution in [3.8, 4) is 11.3 Å². The summed E-state index contributed by atoms with van der Waals surface area (Å²) in [4.78, 5) is 36.1. The van der Waals surface area contributed by atoms with Crippen molar-refractivity contribution in [1.82, 2.24) is 15.3 Å². The fourth-order valence-corrected chi connectivity index (χ4v) is 4.59. The van der Waals surface area contributed by atoms with Crippen LogP contribution in [0.25, 0.3) is 22.3 Å². The van der Waals surface area contributed by atoms with Gasteiger partial charge in [0.05, 0.1) is 23.7 Å². The zero-order chi connectivity index (χ0) is 26.7. The molecule has 2 aromatic carbocycles. The molecular formula is C28H33FN4O4. The lowest BCUT2D eigenvalue weighted by Crippen LogP contribution is -2.44. The summed E-state index contributed by atoms with van der Waals surface area (Å²) in [5, 5.41) is 2.98. The molecule has 3 aromatic rings. The molecule has 1 saturated carbocycles. The summed E-state index contributed by atoms with van der Waals surface area (Å²) in [6.07, 6.45) is 2.87. The molecule has 1 fully saturated rings. The average molecular weight is 509 g/mol. The number of hydrogen-bond donors (Lipinski definition) is 1. The van der Waals surface area contributed by atoms with E-state index < -0.39 is 17.7 Å². The topological polar surface area (TPSA) is 93.7 Å². The Hall–Kier alpha value is -3.75. The number of hydrogen-bond acceptors (Lipinski definition) is 7. The van der Waals surface area contributed by atoms with Crippen LogP contribution in [0.1, 0.15) is 56.8 Å². The molecule has 196 valence electrons. The second-order valence-electron chi connectivity index (χ2n) is 10.4. The van der Waals surface area contributed by atoms with E-state index in [-0.39, 0.29) is 17.9 Å². The first-order valence-electron chi connectivity index (χ1n) is 12.4. The minimum Gasteiger partial charge on any atom is -0.465 e. The number of amides is 1. The van der Waals surface area contributed by atoms with Crippen LogP contribution in [0, 0.1) is 5.82 Å². The quantitative estimate of drug-likeness (QED) is 0.455. The SMILES string of the molecule is COC(=O)c1ccc2nc(-c3ccc(F)cc3)c(N(C)C3CCC(NC(=O)OC(C)(C)C)CC3)nc2c1. The van der Waals surface area contributed by atoms with Crippen molar-refractivity contribution in [2.75, 3.05) is 19.1 Å². The van der Waals surface area contributed by atoms with Crippen LogP contribution in [-0.4, -0.2) is 53.9 Å². The minimum atomic E-state index is -0.541. The van der Waals surface area contributed by atoms with E-state index in [9.17, 15) is 14.0 Å². The molecule has 4 rings (SSSR count). The zero-order valence-electron chi connectivity index (χ0n) is 21.9. The van der Waals surface area contributed by atoms with Gasteiger partial charge in [-0.15, -0.1) is 0 Å². The summed E-state index contributed by atoms with van der Waals surface area (Å²) >= 11 is 0. The number of methoxy groups -OCH3 is 1. The third-order valence-corrected chi connectivity index (χ3v) is 6.48. The Morgan fingerprint density at radius 3 is 2.30 bits per heavy atom. The summed E-state index contributed by atoms with van der Waals surface area (Å²) in [5.74, 6) is -0.132. The number of benzene rings is 2. The number of halogens is 1. The Morgan fingerprint density at radius 1 is 1.00 bits per heavy atom. The number of alkyl carbamates (subject to hydrolysis) is 1. The highest BCUT2D eigenvalue weighted by atomic mass is 19.1. The van der Waals surface area contributed by atoms with Crippen LogP contribution in [0.3, 0.4) is 0 Å². The van der Waals surface area contributed by atoms with Crippen LogP contribution >= 0.6 is 0 Å². The number of nitrogens with one attached hydrogen (secondary N) is 1. The largest absolute Gasteiger partial charge is 0.465 e. The van der Waals surface area contributed by atoms with Gasteiger partial charge in [0.1, 0.15) is 17.1 Å². The smallest absolute Gasteiger partial charge is 0.407 e. The lowest BCUT2D eigenvalue weighted by molar-refractivity contribution is 0.0490. The third-order valence-electron chi connectivity index (χ3n) is 6.48. The molecule has 0 bridgehead atoms. The number of carbonyl (C=O) groups excluding carboxylic acids is 2. The van der Waals surface area contributed by atoms with Crippen LogP contribution in [0.4, 0.5) is 15.0 Å². The molecule has 1 aliphatic carbocycles. The molecular weight excluding hydrogens is 475 g/mol. The standard InChI is InChI=1S/C28H33FN4O4/c1-28(2,3)37-27(35)30-20-11-13-21(14-12-20)33(4)25-24(17-6-9-19(29)10-7-17)31-22-15-8-18(26(34)36-5)16-23(22)32-25/h6-10,15-16,20-21H,11-14H2,1-5H3,(H,30,35).